The van der Waals surface area contributed by atoms with E-state index in [0.29, 0.717) is 30.6 Å². The van der Waals surface area contributed by atoms with Gasteiger partial charge in [-0.25, -0.2) is 4.79 Å². The van der Waals surface area contributed by atoms with Gasteiger partial charge < -0.3 is 29.0 Å². The third kappa shape index (κ3) is 6.58. The number of amides is 1. The van der Waals surface area contributed by atoms with Crippen LogP contribution in [0.1, 0.15) is 63.0 Å². The third-order valence-corrected chi connectivity index (χ3v) is 5.89. The maximum atomic E-state index is 11.2. The van der Waals surface area contributed by atoms with Crippen molar-refractivity contribution in [1.82, 2.24) is 5.32 Å². The first-order valence-corrected chi connectivity index (χ1v) is 11.4. The van der Waals surface area contributed by atoms with Crippen LogP contribution in [0.2, 0.25) is 0 Å². The average molecular weight is 438 g/mol. The average Bonchev–Trinajstić information content (AvgIpc) is 3.19. The Morgan fingerprint density at radius 2 is 1.26 bits per heavy atom. The van der Waals surface area contributed by atoms with Crippen LogP contribution in [0.4, 0.5) is 4.79 Å². The zero-order valence-electron chi connectivity index (χ0n) is 19.8. The number of carbonyl (C=O) groups excluding carboxylic acids is 1. The fourth-order valence-corrected chi connectivity index (χ4v) is 4.44. The molecule has 0 heterocycles. The number of ether oxygens (including phenoxy) is 5. The van der Waals surface area contributed by atoms with E-state index in [2.05, 4.69) is 5.32 Å². The minimum atomic E-state index is -0.316. The van der Waals surface area contributed by atoms with Gasteiger partial charge in [0.1, 0.15) is 0 Å². The van der Waals surface area contributed by atoms with E-state index in [1.807, 2.05) is 6.92 Å². The Kier molecular flexibility index (Phi) is 10.6. The lowest BCUT2D eigenvalue weighted by molar-refractivity contribution is 0.144. The summed E-state index contributed by atoms with van der Waals surface area (Å²) in [6, 6.07) is 0. The van der Waals surface area contributed by atoms with E-state index in [0.717, 1.165) is 37.2 Å². The van der Waals surface area contributed by atoms with E-state index in [-0.39, 0.29) is 6.09 Å². The monoisotopic (exact) mass is 437 g/mol. The summed E-state index contributed by atoms with van der Waals surface area (Å²) in [5.74, 6) is 3.34. The maximum absolute atomic E-state index is 11.2. The second-order valence-electron chi connectivity index (χ2n) is 7.94. The highest BCUT2D eigenvalue weighted by molar-refractivity contribution is 5.68. The van der Waals surface area contributed by atoms with Crippen molar-refractivity contribution < 1.29 is 28.5 Å². The Balaban J connectivity index is 1.76. The molecule has 31 heavy (non-hydrogen) atoms. The van der Waals surface area contributed by atoms with Crippen molar-refractivity contribution in [3.8, 4) is 23.0 Å². The van der Waals surface area contributed by atoms with Crippen molar-refractivity contribution >= 4 is 6.09 Å². The molecule has 0 fully saturated rings. The number of alkyl carbamates (subject to hydrolysis) is 1. The van der Waals surface area contributed by atoms with Gasteiger partial charge in [0.15, 0.2) is 11.5 Å². The summed E-state index contributed by atoms with van der Waals surface area (Å²) < 4.78 is 27.6. The molecular weight excluding hydrogens is 398 g/mol. The Labute approximate surface area is 186 Å². The summed E-state index contributed by atoms with van der Waals surface area (Å²) in [6.45, 7) is 2.99. The van der Waals surface area contributed by atoms with Crippen LogP contribution < -0.4 is 24.3 Å². The molecule has 1 aromatic carbocycles. The highest BCUT2D eigenvalue weighted by Crippen LogP contribution is 2.53. The number of carbonyl (C=O) groups is 1. The van der Waals surface area contributed by atoms with Crippen LogP contribution in [0.25, 0.3) is 0 Å². The predicted octanol–water partition coefficient (Wildman–Crippen LogP) is 4.91. The zero-order valence-corrected chi connectivity index (χ0v) is 19.8. The van der Waals surface area contributed by atoms with E-state index in [1.165, 1.54) is 43.2 Å². The molecule has 0 spiro atoms. The summed E-state index contributed by atoms with van der Waals surface area (Å²) in [4.78, 5) is 11.2. The van der Waals surface area contributed by atoms with Crippen LogP contribution in [0, 0.1) is 5.92 Å². The topological polar surface area (TPSA) is 75.3 Å². The van der Waals surface area contributed by atoms with E-state index >= 15 is 0 Å². The molecular formula is C24H39NO6. The van der Waals surface area contributed by atoms with Gasteiger partial charge in [0.25, 0.3) is 0 Å². The van der Waals surface area contributed by atoms with Crippen molar-refractivity contribution in [3.05, 3.63) is 11.1 Å². The van der Waals surface area contributed by atoms with Crippen molar-refractivity contribution in [1.29, 1.82) is 0 Å². The van der Waals surface area contributed by atoms with Crippen molar-refractivity contribution in [3.63, 3.8) is 0 Å². The molecule has 1 amide bonds. The van der Waals surface area contributed by atoms with Gasteiger partial charge in [-0.2, -0.15) is 0 Å². The van der Waals surface area contributed by atoms with Crippen LogP contribution in [0.5, 0.6) is 23.0 Å². The minimum absolute atomic E-state index is 0.316. The number of benzene rings is 1. The maximum Gasteiger partial charge on any atom is 0.407 e. The number of hydrogen-bond acceptors (Lipinski definition) is 6. The van der Waals surface area contributed by atoms with Crippen LogP contribution in [-0.2, 0) is 17.6 Å². The molecule has 7 nitrogen and oxygen atoms in total. The predicted molar refractivity (Wildman–Crippen MR) is 121 cm³/mol. The minimum Gasteiger partial charge on any atom is -0.492 e. The molecule has 0 aliphatic heterocycles. The van der Waals surface area contributed by atoms with Crippen molar-refractivity contribution in [2.24, 2.45) is 5.92 Å². The molecule has 1 N–H and O–H groups in total. The number of hydrogen-bond donors (Lipinski definition) is 1. The molecule has 0 radical (unpaired) electrons. The first-order chi connectivity index (χ1) is 15.1. The molecule has 0 saturated carbocycles. The smallest absolute Gasteiger partial charge is 0.407 e. The number of fused-ring (bicyclic) bond motifs is 1. The van der Waals surface area contributed by atoms with Gasteiger partial charge in [0.05, 0.1) is 35.0 Å². The number of nitrogens with one attached hydrogen (secondary N) is 1. The largest absolute Gasteiger partial charge is 0.492 e. The SMILES string of the molecule is CCNC(=O)OCCCCCCCCC1Cc2c(c(OC)c(OC)c(OC)c2OC)C1. The number of unbranched alkanes of at least 4 members (excludes halogenated alkanes) is 5. The molecule has 0 aromatic heterocycles. The first kappa shape index (κ1) is 25.0. The van der Waals surface area contributed by atoms with Crippen LogP contribution >= 0.6 is 0 Å². The van der Waals surface area contributed by atoms with E-state index in [1.54, 1.807) is 28.4 Å². The summed E-state index contributed by atoms with van der Waals surface area (Å²) >= 11 is 0. The van der Waals surface area contributed by atoms with E-state index in [9.17, 15) is 4.79 Å². The molecule has 176 valence electrons. The highest BCUT2D eigenvalue weighted by atomic mass is 16.6. The lowest BCUT2D eigenvalue weighted by Gasteiger charge is -2.19. The van der Waals surface area contributed by atoms with Crippen LogP contribution in [0.3, 0.4) is 0 Å². The van der Waals surface area contributed by atoms with Gasteiger partial charge in [0, 0.05) is 17.7 Å². The van der Waals surface area contributed by atoms with Crippen LogP contribution in [0.15, 0.2) is 0 Å². The van der Waals surface area contributed by atoms with Crippen LogP contribution in [-0.4, -0.2) is 47.7 Å². The molecule has 0 atom stereocenters. The summed E-state index contributed by atoms with van der Waals surface area (Å²) in [5.41, 5.74) is 2.38. The standard InChI is InChI=1S/C24H39NO6/c1-6-25-24(26)31-14-12-10-8-7-9-11-13-17-15-18-19(16-17)21(28-3)23(30-5)22(29-4)20(18)27-2/h17H,6-16H2,1-5H3,(H,25,26). The molecule has 0 saturated heterocycles. The first-order valence-electron chi connectivity index (χ1n) is 11.4. The van der Waals surface area contributed by atoms with E-state index < -0.39 is 0 Å². The molecule has 1 aliphatic rings. The lowest BCUT2D eigenvalue weighted by atomic mass is 9.97. The Morgan fingerprint density at radius 1 is 0.774 bits per heavy atom. The van der Waals surface area contributed by atoms with Gasteiger partial charge in [-0.15, -0.1) is 0 Å². The van der Waals surface area contributed by atoms with Gasteiger partial charge >= 0.3 is 6.09 Å². The quantitative estimate of drug-likeness (QED) is 0.417. The highest BCUT2D eigenvalue weighted by Gasteiger charge is 2.33. The fourth-order valence-electron chi connectivity index (χ4n) is 4.44. The second-order valence-corrected chi connectivity index (χ2v) is 7.94. The van der Waals surface area contributed by atoms with Gasteiger partial charge in [-0.3, -0.25) is 0 Å². The van der Waals surface area contributed by atoms with Gasteiger partial charge in [-0.05, 0) is 38.5 Å². The Morgan fingerprint density at radius 3 is 1.74 bits per heavy atom. The molecule has 7 heteroatoms. The zero-order chi connectivity index (χ0) is 22.6. The third-order valence-electron chi connectivity index (χ3n) is 5.89. The number of methoxy groups -OCH3 is 4. The van der Waals surface area contributed by atoms with Gasteiger partial charge in [0.2, 0.25) is 11.5 Å². The molecule has 0 unspecified atom stereocenters. The molecule has 2 rings (SSSR count). The molecule has 0 bridgehead atoms. The van der Waals surface area contributed by atoms with E-state index in [4.69, 9.17) is 23.7 Å². The molecule has 1 aromatic rings. The second kappa shape index (κ2) is 13.2. The fraction of sp³-hybridized carbons (Fsp3) is 0.708. The normalized spacial score (nSPS) is 12.9. The van der Waals surface area contributed by atoms with Crippen molar-refractivity contribution in [2.75, 3.05) is 41.6 Å². The number of rotatable bonds is 14. The summed E-state index contributed by atoms with van der Waals surface area (Å²) in [5, 5.41) is 2.63. The van der Waals surface area contributed by atoms with Gasteiger partial charge in [-0.1, -0.05) is 32.1 Å². The Bertz CT molecular complexity index is 665. The summed E-state index contributed by atoms with van der Waals surface area (Å²) in [7, 11) is 6.62. The lowest BCUT2D eigenvalue weighted by Crippen LogP contribution is -2.23. The molecule has 1 aliphatic carbocycles. The Hall–Kier alpha value is -2.31. The van der Waals surface area contributed by atoms with Crippen molar-refractivity contribution in [2.45, 2.75) is 64.7 Å². The summed E-state index contributed by atoms with van der Waals surface area (Å²) in [6.07, 6.45) is 9.70.